The van der Waals surface area contributed by atoms with Gasteiger partial charge < -0.3 is 9.84 Å². The molecule has 0 bridgehead atoms. The van der Waals surface area contributed by atoms with Crippen LogP contribution in [-0.2, 0) is 6.61 Å². The van der Waals surface area contributed by atoms with Crippen LogP contribution in [0.4, 0.5) is 8.78 Å². The number of halogens is 3. The van der Waals surface area contributed by atoms with Crippen molar-refractivity contribution in [2.24, 2.45) is 0 Å². The molecule has 78 valence electrons. The van der Waals surface area contributed by atoms with Crippen LogP contribution in [0.25, 0.3) is 0 Å². The summed E-state index contributed by atoms with van der Waals surface area (Å²) in [7, 11) is 1.34. The minimum Gasteiger partial charge on any atom is -0.481 e. The number of aliphatic hydroxyl groups is 1. The molecule has 0 aliphatic rings. The fraction of sp³-hybridized carbons (Fsp3) is 0.375. The minimum absolute atomic E-state index is 0.0877. The van der Waals surface area contributed by atoms with E-state index in [1.54, 1.807) is 22.6 Å². The van der Waals surface area contributed by atoms with Gasteiger partial charge in [-0.25, -0.2) is 13.8 Å². The van der Waals surface area contributed by atoms with E-state index in [1.807, 2.05) is 0 Å². The third-order valence-electron chi connectivity index (χ3n) is 1.62. The third-order valence-corrected chi connectivity index (χ3v) is 2.87. The van der Waals surface area contributed by atoms with E-state index in [0.29, 0.717) is 0 Å². The molecule has 1 aromatic heterocycles. The highest BCUT2D eigenvalue weighted by molar-refractivity contribution is 14.1. The zero-order valence-corrected chi connectivity index (χ0v) is 9.46. The molecule has 0 saturated carbocycles. The topological polar surface area (TPSA) is 42.4 Å². The Kier molecular flexibility index (Phi) is 3.99. The molecule has 0 amide bonds. The van der Waals surface area contributed by atoms with E-state index in [4.69, 9.17) is 9.84 Å². The second kappa shape index (κ2) is 4.83. The first-order chi connectivity index (χ1) is 6.60. The lowest BCUT2D eigenvalue weighted by molar-refractivity contribution is 0.149. The van der Waals surface area contributed by atoms with Gasteiger partial charge in [-0.3, -0.25) is 0 Å². The molecule has 1 rings (SSSR count). The summed E-state index contributed by atoms with van der Waals surface area (Å²) in [5.74, 6) is 0.0877. The third kappa shape index (κ3) is 2.30. The maximum Gasteiger partial charge on any atom is 0.265 e. The van der Waals surface area contributed by atoms with Crippen LogP contribution in [0.15, 0.2) is 6.07 Å². The first kappa shape index (κ1) is 11.6. The van der Waals surface area contributed by atoms with Gasteiger partial charge in [0.2, 0.25) is 5.88 Å². The number of alkyl halides is 2. The van der Waals surface area contributed by atoms with E-state index >= 15 is 0 Å². The van der Waals surface area contributed by atoms with E-state index in [0.717, 1.165) is 0 Å². The van der Waals surface area contributed by atoms with Gasteiger partial charge in [0.1, 0.15) is 0 Å². The standard InChI is InChI=1S/C8H8F2INO2/c1-14-6-2-4(8(9)10)7(11)5(3-13)12-6/h2,8,13H,3H2,1H3. The van der Waals surface area contributed by atoms with E-state index in [-0.39, 0.29) is 27.3 Å². The number of ether oxygens (including phenoxy) is 1. The van der Waals surface area contributed by atoms with Gasteiger partial charge in [-0.1, -0.05) is 0 Å². The lowest BCUT2D eigenvalue weighted by Crippen LogP contribution is -2.02. The van der Waals surface area contributed by atoms with Crippen molar-refractivity contribution in [3.8, 4) is 5.88 Å². The molecule has 0 atom stereocenters. The van der Waals surface area contributed by atoms with Gasteiger partial charge in [-0.05, 0) is 22.6 Å². The zero-order valence-electron chi connectivity index (χ0n) is 7.30. The van der Waals surface area contributed by atoms with Crippen molar-refractivity contribution >= 4 is 22.6 Å². The molecular weight excluding hydrogens is 307 g/mol. The highest BCUT2D eigenvalue weighted by atomic mass is 127. The van der Waals surface area contributed by atoms with Gasteiger partial charge in [-0.2, -0.15) is 0 Å². The number of aromatic nitrogens is 1. The number of rotatable bonds is 3. The average Bonchev–Trinajstić information content (AvgIpc) is 2.17. The molecule has 14 heavy (non-hydrogen) atoms. The molecule has 3 nitrogen and oxygen atoms in total. The molecule has 0 spiro atoms. The van der Waals surface area contributed by atoms with Crippen molar-refractivity contribution in [3.05, 3.63) is 20.9 Å². The SMILES string of the molecule is COc1cc(C(F)F)c(I)c(CO)n1. The number of methoxy groups -OCH3 is 1. The minimum atomic E-state index is -2.59. The van der Waals surface area contributed by atoms with Gasteiger partial charge in [0, 0.05) is 15.2 Å². The summed E-state index contributed by atoms with van der Waals surface area (Å²) in [6.45, 7) is -0.380. The van der Waals surface area contributed by atoms with Crippen molar-refractivity contribution in [2.45, 2.75) is 13.0 Å². The summed E-state index contributed by atoms with van der Waals surface area (Å²) >= 11 is 1.73. The molecule has 1 N–H and O–H groups in total. The molecule has 1 heterocycles. The summed E-state index contributed by atoms with van der Waals surface area (Å²) in [5, 5.41) is 8.88. The Bertz CT molecular complexity index is 333. The summed E-state index contributed by atoms with van der Waals surface area (Å²) in [5.41, 5.74) is 0.0433. The molecule has 0 aliphatic carbocycles. The largest absolute Gasteiger partial charge is 0.481 e. The number of pyridine rings is 1. The molecular formula is C8H8F2INO2. The Morgan fingerprint density at radius 2 is 2.29 bits per heavy atom. The fourth-order valence-corrected chi connectivity index (χ4v) is 1.63. The van der Waals surface area contributed by atoms with Crippen molar-refractivity contribution in [1.29, 1.82) is 0 Å². The second-order valence-corrected chi connectivity index (χ2v) is 3.55. The van der Waals surface area contributed by atoms with Crippen LogP contribution in [0.2, 0.25) is 0 Å². The van der Waals surface area contributed by atoms with Crippen LogP contribution in [0.3, 0.4) is 0 Å². The Labute approximate surface area is 93.2 Å². The van der Waals surface area contributed by atoms with E-state index in [1.165, 1.54) is 13.2 Å². The van der Waals surface area contributed by atoms with Crippen molar-refractivity contribution in [1.82, 2.24) is 4.98 Å². The zero-order chi connectivity index (χ0) is 10.7. The quantitative estimate of drug-likeness (QED) is 0.869. The lowest BCUT2D eigenvalue weighted by atomic mass is 10.2. The number of hydrogen-bond donors (Lipinski definition) is 1. The number of nitrogens with zero attached hydrogens (tertiary/aromatic N) is 1. The Morgan fingerprint density at radius 3 is 2.71 bits per heavy atom. The molecule has 0 fully saturated rings. The number of aliphatic hydroxyl groups excluding tert-OH is 1. The maximum absolute atomic E-state index is 12.5. The van der Waals surface area contributed by atoms with Crippen molar-refractivity contribution in [2.75, 3.05) is 7.11 Å². The van der Waals surface area contributed by atoms with Gasteiger partial charge in [0.05, 0.1) is 19.4 Å². The van der Waals surface area contributed by atoms with E-state index < -0.39 is 6.43 Å². The van der Waals surface area contributed by atoms with Gasteiger partial charge in [0.25, 0.3) is 6.43 Å². The van der Waals surface area contributed by atoms with E-state index in [2.05, 4.69) is 4.98 Å². The molecule has 0 aromatic carbocycles. The van der Waals surface area contributed by atoms with Crippen LogP contribution in [-0.4, -0.2) is 17.2 Å². The van der Waals surface area contributed by atoms with Gasteiger partial charge >= 0.3 is 0 Å². The predicted octanol–water partition coefficient (Wildman–Crippen LogP) is 2.12. The van der Waals surface area contributed by atoms with Crippen LogP contribution in [0, 0.1) is 3.57 Å². The Hall–Kier alpha value is -0.500. The molecule has 0 aliphatic heterocycles. The van der Waals surface area contributed by atoms with Crippen molar-refractivity contribution in [3.63, 3.8) is 0 Å². The molecule has 6 heteroatoms. The van der Waals surface area contributed by atoms with Crippen LogP contribution in [0.1, 0.15) is 17.7 Å². The van der Waals surface area contributed by atoms with Crippen molar-refractivity contribution < 1.29 is 18.6 Å². The first-order valence-electron chi connectivity index (χ1n) is 3.72. The first-order valence-corrected chi connectivity index (χ1v) is 4.80. The van der Waals surface area contributed by atoms with Crippen LogP contribution >= 0.6 is 22.6 Å². The highest BCUT2D eigenvalue weighted by Crippen LogP contribution is 2.29. The molecule has 0 saturated heterocycles. The molecule has 0 unspecified atom stereocenters. The highest BCUT2D eigenvalue weighted by Gasteiger charge is 2.17. The van der Waals surface area contributed by atoms with E-state index in [9.17, 15) is 8.78 Å². The summed E-state index contributed by atoms with van der Waals surface area (Å²) in [6, 6.07) is 1.17. The number of hydrogen-bond acceptors (Lipinski definition) is 3. The second-order valence-electron chi connectivity index (χ2n) is 2.47. The van der Waals surface area contributed by atoms with Crippen LogP contribution in [0.5, 0.6) is 5.88 Å². The predicted molar refractivity (Wildman–Crippen MR) is 54.4 cm³/mol. The smallest absolute Gasteiger partial charge is 0.265 e. The Balaban J connectivity index is 3.27. The summed E-state index contributed by atoms with van der Waals surface area (Å²) in [6.07, 6.45) is -2.59. The lowest BCUT2D eigenvalue weighted by Gasteiger charge is -2.09. The molecule has 1 aromatic rings. The average molecular weight is 315 g/mol. The summed E-state index contributed by atoms with van der Waals surface area (Å²) in [4.78, 5) is 3.84. The normalized spacial score (nSPS) is 10.7. The van der Waals surface area contributed by atoms with Gasteiger partial charge in [-0.15, -0.1) is 0 Å². The van der Waals surface area contributed by atoms with Gasteiger partial charge in [0.15, 0.2) is 0 Å². The monoisotopic (exact) mass is 315 g/mol. The maximum atomic E-state index is 12.5. The van der Waals surface area contributed by atoms with Crippen LogP contribution < -0.4 is 4.74 Å². The fourth-order valence-electron chi connectivity index (χ4n) is 0.945. The Morgan fingerprint density at radius 1 is 1.64 bits per heavy atom. The molecule has 0 radical (unpaired) electrons. The summed E-state index contributed by atoms with van der Waals surface area (Å²) < 4.78 is 30.0.